The molecule has 156 valence electrons. The summed E-state index contributed by atoms with van der Waals surface area (Å²) in [6, 6.07) is 13.7. The summed E-state index contributed by atoms with van der Waals surface area (Å²) in [6.45, 7) is 1.61. The number of anilines is 1. The van der Waals surface area contributed by atoms with Gasteiger partial charge in [-0.05, 0) is 67.8 Å². The fourth-order valence-electron chi connectivity index (χ4n) is 3.85. The SMILES string of the molecule is CSCc1nc2ccccc2n1CC(=O)O[C@H](C)C(=O)Nc1ccc2c(c1)CCC2. The number of thioether (sulfide) groups is 1. The minimum atomic E-state index is -0.885. The van der Waals surface area contributed by atoms with Gasteiger partial charge in [-0.15, -0.1) is 0 Å². The maximum absolute atomic E-state index is 12.6. The normalized spacial score (nSPS) is 13.8. The van der Waals surface area contributed by atoms with Gasteiger partial charge in [0.15, 0.2) is 6.10 Å². The molecule has 1 heterocycles. The summed E-state index contributed by atoms with van der Waals surface area (Å²) < 4.78 is 7.29. The van der Waals surface area contributed by atoms with Crippen LogP contribution in [0.25, 0.3) is 11.0 Å². The second-order valence-electron chi connectivity index (χ2n) is 7.49. The summed E-state index contributed by atoms with van der Waals surface area (Å²) in [5.41, 5.74) is 5.10. The van der Waals surface area contributed by atoms with Crippen molar-refractivity contribution in [2.24, 2.45) is 0 Å². The van der Waals surface area contributed by atoms with Gasteiger partial charge in [-0.25, -0.2) is 4.98 Å². The highest BCUT2D eigenvalue weighted by Gasteiger charge is 2.21. The number of benzene rings is 2. The third-order valence-electron chi connectivity index (χ3n) is 5.34. The number of nitrogens with one attached hydrogen (secondary N) is 1. The Morgan fingerprint density at radius 2 is 2.00 bits per heavy atom. The average Bonchev–Trinajstić information content (AvgIpc) is 3.33. The number of hydrogen-bond donors (Lipinski definition) is 1. The lowest BCUT2D eigenvalue weighted by molar-refractivity contribution is -0.153. The fourth-order valence-corrected chi connectivity index (χ4v) is 4.33. The lowest BCUT2D eigenvalue weighted by atomic mass is 10.1. The molecule has 1 aliphatic carbocycles. The van der Waals surface area contributed by atoms with Crippen molar-refractivity contribution in [1.29, 1.82) is 0 Å². The van der Waals surface area contributed by atoms with Gasteiger partial charge in [-0.3, -0.25) is 9.59 Å². The van der Waals surface area contributed by atoms with E-state index in [2.05, 4.69) is 16.4 Å². The van der Waals surface area contributed by atoms with Crippen LogP contribution in [0.2, 0.25) is 0 Å². The Balaban J connectivity index is 1.41. The van der Waals surface area contributed by atoms with Gasteiger partial charge in [0.1, 0.15) is 12.4 Å². The minimum Gasteiger partial charge on any atom is -0.451 e. The van der Waals surface area contributed by atoms with Crippen LogP contribution in [0.1, 0.15) is 30.3 Å². The number of fused-ring (bicyclic) bond motifs is 2. The second-order valence-corrected chi connectivity index (χ2v) is 8.36. The molecular weight excluding hydrogens is 398 g/mol. The average molecular weight is 424 g/mol. The smallest absolute Gasteiger partial charge is 0.326 e. The van der Waals surface area contributed by atoms with E-state index in [1.807, 2.05) is 47.2 Å². The summed E-state index contributed by atoms with van der Waals surface area (Å²) >= 11 is 1.64. The molecule has 0 spiro atoms. The molecule has 1 amide bonds. The van der Waals surface area contributed by atoms with Crippen LogP contribution >= 0.6 is 11.8 Å². The fraction of sp³-hybridized carbons (Fsp3) is 0.348. The zero-order valence-corrected chi connectivity index (χ0v) is 18.0. The van der Waals surface area contributed by atoms with Crippen LogP contribution in [0, 0.1) is 0 Å². The number of para-hydroxylation sites is 2. The molecule has 1 aliphatic rings. The third-order valence-corrected chi connectivity index (χ3v) is 5.88. The van der Waals surface area contributed by atoms with E-state index in [0.717, 1.165) is 41.8 Å². The number of hydrogen-bond acceptors (Lipinski definition) is 5. The Kier molecular flexibility index (Phi) is 6.08. The first-order chi connectivity index (χ1) is 14.5. The first-order valence-electron chi connectivity index (χ1n) is 10.1. The number of imidazole rings is 1. The van der Waals surface area contributed by atoms with Gasteiger partial charge in [0.05, 0.1) is 16.8 Å². The first-order valence-corrected chi connectivity index (χ1v) is 11.5. The second kappa shape index (κ2) is 8.92. The van der Waals surface area contributed by atoms with Crippen LogP contribution in [0.3, 0.4) is 0 Å². The molecule has 0 radical (unpaired) electrons. The number of carbonyl (C=O) groups is 2. The number of nitrogens with zero attached hydrogens (tertiary/aromatic N) is 2. The maximum Gasteiger partial charge on any atom is 0.326 e. The monoisotopic (exact) mass is 423 g/mol. The van der Waals surface area contributed by atoms with Crippen molar-refractivity contribution in [1.82, 2.24) is 9.55 Å². The third kappa shape index (κ3) is 4.36. The zero-order chi connectivity index (χ0) is 21.1. The van der Waals surface area contributed by atoms with Crippen molar-refractivity contribution in [3.05, 3.63) is 59.4 Å². The van der Waals surface area contributed by atoms with E-state index in [9.17, 15) is 9.59 Å². The first kappa shape index (κ1) is 20.5. The lowest BCUT2D eigenvalue weighted by Gasteiger charge is -2.15. The van der Waals surface area contributed by atoms with Crippen molar-refractivity contribution < 1.29 is 14.3 Å². The zero-order valence-electron chi connectivity index (χ0n) is 17.2. The van der Waals surface area contributed by atoms with Gasteiger partial charge in [-0.1, -0.05) is 18.2 Å². The predicted octanol–water partition coefficient (Wildman–Crippen LogP) is 3.96. The molecule has 0 saturated carbocycles. The molecule has 0 bridgehead atoms. The number of esters is 1. The largest absolute Gasteiger partial charge is 0.451 e. The molecule has 7 heteroatoms. The van der Waals surface area contributed by atoms with Crippen molar-refractivity contribution in [3.63, 3.8) is 0 Å². The molecule has 1 aromatic heterocycles. The van der Waals surface area contributed by atoms with Gasteiger partial charge in [0.25, 0.3) is 5.91 Å². The quantitative estimate of drug-likeness (QED) is 0.583. The predicted molar refractivity (Wildman–Crippen MR) is 120 cm³/mol. The van der Waals surface area contributed by atoms with Crippen LogP contribution in [0.4, 0.5) is 5.69 Å². The summed E-state index contributed by atoms with van der Waals surface area (Å²) in [5.74, 6) is 0.713. The molecule has 2 aromatic carbocycles. The molecule has 0 fully saturated rings. The van der Waals surface area contributed by atoms with Gasteiger partial charge in [-0.2, -0.15) is 11.8 Å². The molecule has 0 aliphatic heterocycles. The molecular formula is C23H25N3O3S. The van der Waals surface area contributed by atoms with Gasteiger partial charge >= 0.3 is 5.97 Å². The van der Waals surface area contributed by atoms with Crippen molar-refractivity contribution in [2.45, 2.75) is 44.6 Å². The number of ether oxygens (including phenoxy) is 1. The molecule has 1 atom stereocenters. The van der Waals surface area contributed by atoms with Gasteiger partial charge in [0.2, 0.25) is 0 Å². The molecule has 4 rings (SSSR count). The van der Waals surface area contributed by atoms with E-state index in [0.29, 0.717) is 5.75 Å². The molecule has 3 aromatic rings. The van der Waals surface area contributed by atoms with Crippen molar-refractivity contribution >= 4 is 40.4 Å². The van der Waals surface area contributed by atoms with E-state index in [1.54, 1.807) is 18.7 Å². The standard InChI is InChI=1S/C23H25N3O3S/c1-15(23(28)24-18-11-10-16-6-5-7-17(16)12-18)29-22(27)13-26-20-9-4-3-8-19(20)25-21(26)14-30-2/h3-4,8-12,15H,5-7,13-14H2,1-2H3,(H,24,28)/t15-/m1/s1. The van der Waals surface area contributed by atoms with Crippen LogP contribution in [0.5, 0.6) is 0 Å². The molecule has 6 nitrogen and oxygen atoms in total. The summed E-state index contributed by atoms with van der Waals surface area (Å²) in [7, 11) is 0. The Bertz CT molecular complexity index is 1090. The molecule has 0 saturated heterocycles. The molecule has 1 N–H and O–H groups in total. The molecule has 0 unspecified atom stereocenters. The van der Waals surface area contributed by atoms with Crippen LogP contribution in [-0.2, 0) is 39.5 Å². The number of amides is 1. The van der Waals surface area contributed by atoms with E-state index < -0.39 is 12.1 Å². The van der Waals surface area contributed by atoms with Crippen LogP contribution in [-0.4, -0.2) is 33.8 Å². The number of carbonyl (C=O) groups excluding carboxylic acids is 2. The van der Waals surface area contributed by atoms with Crippen LogP contribution in [0.15, 0.2) is 42.5 Å². The summed E-state index contributed by atoms with van der Waals surface area (Å²) in [4.78, 5) is 29.7. The van der Waals surface area contributed by atoms with E-state index in [4.69, 9.17) is 4.74 Å². The number of rotatable bonds is 7. The Hall–Kier alpha value is -2.80. The Morgan fingerprint density at radius 3 is 2.83 bits per heavy atom. The molecule has 30 heavy (non-hydrogen) atoms. The van der Waals surface area contributed by atoms with Crippen molar-refractivity contribution in [2.75, 3.05) is 11.6 Å². The highest BCUT2D eigenvalue weighted by Crippen LogP contribution is 2.25. The van der Waals surface area contributed by atoms with Gasteiger partial charge < -0.3 is 14.6 Å². The highest BCUT2D eigenvalue weighted by atomic mass is 32.2. The minimum absolute atomic E-state index is 0.0207. The highest BCUT2D eigenvalue weighted by molar-refractivity contribution is 7.97. The number of aryl methyl sites for hydroxylation is 2. The van der Waals surface area contributed by atoms with E-state index >= 15 is 0 Å². The topological polar surface area (TPSA) is 73.2 Å². The van der Waals surface area contributed by atoms with E-state index in [1.165, 1.54) is 11.1 Å². The van der Waals surface area contributed by atoms with E-state index in [-0.39, 0.29) is 12.5 Å². The summed E-state index contributed by atoms with van der Waals surface area (Å²) in [6.07, 6.45) is 4.40. The van der Waals surface area contributed by atoms with Crippen LogP contribution < -0.4 is 5.32 Å². The number of aromatic nitrogens is 2. The Morgan fingerprint density at radius 1 is 1.20 bits per heavy atom. The Labute approximate surface area is 180 Å². The maximum atomic E-state index is 12.6. The summed E-state index contributed by atoms with van der Waals surface area (Å²) in [5, 5.41) is 2.86. The van der Waals surface area contributed by atoms with Crippen molar-refractivity contribution in [3.8, 4) is 0 Å². The lowest BCUT2D eigenvalue weighted by Crippen LogP contribution is -2.31. The van der Waals surface area contributed by atoms with Gasteiger partial charge in [0, 0.05) is 5.69 Å².